The predicted octanol–water partition coefficient (Wildman–Crippen LogP) is 1.32. The van der Waals surface area contributed by atoms with Crippen molar-refractivity contribution in [2.75, 3.05) is 33.3 Å². The third-order valence-electron chi connectivity index (χ3n) is 11.2. The number of nitrogens with one attached hydrogen (secondary N) is 1. The summed E-state index contributed by atoms with van der Waals surface area (Å²) < 4.78 is 27.3. The molecule has 6 rings (SSSR count). The van der Waals surface area contributed by atoms with E-state index in [2.05, 4.69) is 5.32 Å². The second-order valence-electron chi connectivity index (χ2n) is 14.9. The fourth-order valence-electron chi connectivity index (χ4n) is 8.06. The fourth-order valence-corrected chi connectivity index (χ4v) is 8.70. The molecule has 0 spiro atoms. The maximum Gasteiger partial charge on any atom is 0.410 e. The van der Waals surface area contributed by atoms with Gasteiger partial charge in [-0.3, -0.25) is 33.7 Å². The van der Waals surface area contributed by atoms with Gasteiger partial charge >= 0.3 is 12.1 Å². The van der Waals surface area contributed by atoms with Gasteiger partial charge in [-0.25, -0.2) is 4.79 Å². The van der Waals surface area contributed by atoms with Gasteiger partial charge < -0.3 is 54.5 Å². The second-order valence-corrected chi connectivity index (χ2v) is 16.0. The lowest BCUT2D eigenvalue weighted by Gasteiger charge is -2.42. The number of esters is 1. The van der Waals surface area contributed by atoms with Gasteiger partial charge in [0.15, 0.2) is 17.9 Å². The van der Waals surface area contributed by atoms with Crippen molar-refractivity contribution in [3.05, 3.63) is 51.6 Å². The van der Waals surface area contributed by atoms with Crippen LogP contribution in [0.1, 0.15) is 101 Å². The number of nitrogens with zero attached hydrogens (tertiary/aromatic N) is 1. The fraction of sp³-hybridized carbons (Fsp3) is 0.525. The predicted molar refractivity (Wildman–Crippen MR) is 205 cm³/mol. The highest BCUT2D eigenvalue weighted by Gasteiger charge is 2.50. The van der Waals surface area contributed by atoms with E-state index < -0.39 is 115 Å². The average molecular weight is 859 g/mol. The number of aliphatic hydroxyl groups excluding tert-OH is 2. The zero-order valence-electron chi connectivity index (χ0n) is 33.0. The smallest absolute Gasteiger partial charge is 0.410 e. The summed E-state index contributed by atoms with van der Waals surface area (Å²) in [5.74, 6) is -5.38. The van der Waals surface area contributed by atoms with Crippen LogP contribution in [0.5, 0.6) is 17.2 Å². The quantitative estimate of drug-likeness (QED) is 0.0413. The number of fused-ring (bicyclic) bond motifs is 3. The molecule has 1 unspecified atom stereocenters. The summed E-state index contributed by atoms with van der Waals surface area (Å²) in [6.07, 6.45) is -4.52. The molecule has 2 fully saturated rings. The first-order valence-electron chi connectivity index (χ1n) is 19.2. The van der Waals surface area contributed by atoms with Crippen LogP contribution in [-0.2, 0) is 44.5 Å². The van der Waals surface area contributed by atoms with E-state index in [1.165, 1.54) is 48.9 Å². The Morgan fingerprint density at radius 2 is 1.75 bits per heavy atom. The molecular weight excluding hydrogens is 813 g/mol. The van der Waals surface area contributed by atoms with Crippen LogP contribution >= 0.6 is 11.8 Å². The number of thioether (sulfide) groups is 1. The minimum Gasteiger partial charge on any atom is -0.507 e. The van der Waals surface area contributed by atoms with Crippen molar-refractivity contribution in [2.45, 2.75) is 99.8 Å². The number of carbonyl (C=O) groups excluding carboxylic acids is 7. The minimum absolute atomic E-state index is 0.0130. The molecule has 2 aliphatic heterocycles. The van der Waals surface area contributed by atoms with Crippen LogP contribution in [0.25, 0.3) is 0 Å². The maximum absolute atomic E-state index is 13.9. The Kier molecular flexibility index (Phi) is 13.5. The van der Waals surface area contributed by atoms with Crippen LogP contribution in [0.4, 0.5) is 4.79 Å². The SMILES string of the molecule is COc1cccc2c1C(=O)c1c(O)c3c(c(O)c1C2=O)C[C@@](O)(C(=O)CO)C[C@@H]3O[C@H]1C[C@H](NC(=O)OCOC(=O)CCCCCN2C(=O)CC(SC)C2=O)[C@H](O)[C@H](C)O1. The van der Waals surface area contributed by atoms with Crippen LogP contribution in [-0.4, -0.2) is 140 Å². The molecule has 0 radical (unpaired) electrons. The van der Waals surface area contributed by atoms with Crippen LogP contribution in [0.3, 0.4) is 0 Å². The zero-order chi connectivity index (χ0) is 43.6. The van der Waals surface area contributed by atoms with Crippen molar-refractivity contribution in [1.29, 1.82) is 0 Å². The normalized spacial score (nSPS) is 25.9. The third kappa shape index (κ3) is 8.57. The number of phenolic OH excluding ortho intramolecular Hbond substituents is 2. The highest BCUT2D eigenvalue weighted by Crippen LogP contribution is 2.52. The van der Waals surface area contributed by atoms with Gasteiger partial charge in [-0.2, -0.15) is 11.8 Å². The molecule has 2 aromatic carbocycles. The molecule has 2 saturated heterocycles. The number of methoxy groups -OCH3 is 1. The largest absolute Gasteiger partial charge is 0.507 e. The Morgan fingerprint density at radius 1 is 1.02 bits per heavy atom. The lowest BCUT2D eigenvalue weighted by molar-refractivity contribution is -0.249. The summed E-state index contributed by atoms with van der Waals surface area (Å²) in [4.78, 5) is 91.1. The van der Waals surface area contributed by atoms with Gasteiger partial charge in [0.1, 0.15) is 35.6 Å². The molecule has 0 aromatic heterocycles. The average Bonchev–Trinajstić information content (AvgIpc) is 3.49. The summed E-state index contributed by atoms with van der Waals surface area (Å²) in [7, 11) is 1.29. The molecule has 3 amide bonds. The number of imide groups is 1. The summed E-state index contributed by atoms with van der Waals surface area (Å²) in [6, 6.07) is 3.13. The van der Waals surface area contributed by atoms with Crippen molar-refractivity contribution in [3.63, 3.8) is 0 Å². The summed E-state index contributed by atoms with van der Waals surface area (Å²) in [6.45, 7) is -0.151. The van der Waals surface area contributed by atoms with Gasteiger partial charge in [-0.1, -0.05) is 18.6 Å². The molecule has 2 aromatic rings. The van der Waals surface area contributed by atoms with Crippen molar-refractivity contribution in [2.24, 2.45) is 0 Å². The Balaban J connectivity index is 1.10. The van der Waals surface area contributed by atoms with E-state index in [4.69, 9.17) is 23.7 Å². The van der Waals surface area contributed by atoms with Crippen LogP contribution in [0.2, 0.25) is 0 Å². The lowest BCUT2D eigenvalue weighted by atomic mass is 9.72. The van der Waals surface area contributed by atoms with Gasteiger partial charge in [0.25, 0.3) is 0 Å². The molecule has 6 N–H and O–H groups in total. The molecule has 2 aliphatic carbocycles. The van der Waals surface area contributed by atoms with E-state index >= 15 is 0 Å². The monoisotopic (exact) mass is 858 g/mol. The maximum atomic E-state index is 13.9. The molecule has 2 heterocycles. The lowest BCUT2D eigenvalue weighted by Crippen LogP contribution is -2.56. The Labute approximate surface area is 347 Å². The number of aromatic hydroxyl groups is 2. The second kappa shape index (κ2) is 18.2. The van der Waals surface area contributed by atoms with Gasteiger partial charge in [0.2, 0.25) is 24.4 Å². The zero-order valence-corrected chi connectivity index (χ0v) is 33.8. The number of unbranched alkanes of at least 4 members (excludes halogenated alkanes) is 2. The molecule has 19 nitrogen and oxygen atoms in total. The van der Waals surface area contributed by atoms with Crippen LogP contribution in [0, 0.1) is 0 Å². The number of hydrogen-bond acceptors (Lipinski definition) is 18. The molecular formula is C40H46N2O17S. The number of amides is 3. The Morgan fingerprint density at radius 3 is 2.43 bits per heavy atom. The van der Waals surface area contributed by atoms with Gasteiger partial charge in [-0.05, 0) is 32.1 Å². The number of Topliss-reactive ketones (excluding diaryl/α,β-unsaturated/α-hetero) is 1. The Bertz CT molecular complexity index is 2090. The summed E-state index contributed by atoms with van der Waals surface area (Å²) in [5.41, 5.74) is -4.33. The van der Waals surface area contributed by atoms with E-state index in [1.807, 2.05) is 0 Å². The third-order valence-corrected chi connectivity index (χ3v) is 12.2. The van der Waals surface area contributed by atoms with Crippen molar-refractivity contribution in [1.82, 2.24) is 10.2 Å². The minimum atomic E-state index is -2.39. The van der Waals surface area contributed by atoms with Gasteiger partial charge in [0, 0.05) is 55.3 Å². The molecule has 0 bridgehead atoms. The van der Waals surface area contributed by atoms with Crippen LogP contribution < -0.4 is 10.1 Å². The first-order valence-corrected chi connectivity index (χ1v) is 20.5. The molecule has 0 saturated carbocycles. The molecule has 60 heavy (non-hydrogen) atoms. The number of carbonyl (C=O) groups is 7. The number of likely N-dealkylation sites (tertiary alicyclic amines) is 1. The first-order chi connectivity index (χ1) is 28.5. The summed E-state index contributed by atoms with van der Waals surface area (Å²) in [5, 5.41) is 57.5. The first kappa shape index (κ1) is 44.4. The number of alkyl carbamates (subject to hydrolysis) is 1. The number of ketones is 3. The van der Waals surface area contributed by atoms with E-state index in [0.29, 0.717) is 19.3 Å². The number of phenols is 2. The summed E-state index contributed by atoms with van der Waals surface area (Å²) >= 11 is 1.33. The highest BCUT2D eigenvalue weighted by atomic mass is 32.2. The van der Waals surface area contributed by atoms with Gasteiger partial charge in [0.05, 0.1) is 47.3 Å². The Hall–Kier alpha value is -5.12. The molecule has 4 aliphatic rings. The highest BCUT2D eigenvalue weighted by molar-refractivity contribution is 8.00. The molecule has 7 atom stereocenters. The standard InChI is InChI=1S/C40H46N2O17S/c1-18-33(47)21(41-39(53)57-17-56-27(46)10-5-4-6-11-42-26(45)13-24(60-3)38(42)52)12-28(58-18)59-23-15-40(54,25(44)16-43)14-20-30(23)37(51)32-31(35(20)49)34(48)19-8-7-9-22(55-2)29(19)36(32)50/h7-9,18,21,23-24,28,33,43,47,49,51,54H,4-6,10-17H2,1-3H3,(H,41,53)/t18-,21-,23-,24?,28-,33+,40-/m0/s1. The number of aliphatic hydroxyl groups is 3. The number of benzene rings is 2. The van der Waals surface area contributed by atoms with E-state index in [0.717, 1.165) is 0 Å². The van der Waals surface area contributed by atoms with Crippen molar-refractivity contribution < 1.29 is 82.8 Å². The van der Waals surface area contributed by atoms with Gasteiger partial charge in [-0.15, -0.1) is 0 Å². The van der Waals surface area contributed by atoms with Crippen molar-refractivity contribution >= 4 is 53.0 Å². The number of hydrogen-bond donors (Lipinski definition) is 6. The number of ether oxygens (including phenoxy) is 5. The van der Waals surface area contributed by atoms with Crippen LogP contribution in [0.15, 0.2) is 18.2 Å². The topological polar surface area (TPSA) is 282 Å². The molecule has 20 heteroatoms. The van der Waals surface area contributed by atoms with Crippen molar-refractivity contribution in [3.8, 4) is 17.2 Å². The molecule has 324 valence electrons. The van der Waals surface area contributed by atoms with E-state index in [1.54, 1.807) is 6.26 Å². The number of rotatable bonds is 15. The van der Waals surface area contributed by atoms with E-state index in [-0.39, 0.29) is 70.9 Å². The van der Waals surface area contributed by atoms with E-state index in [9.17, 15) is 59.1 Å².